The van der Waals surface area contributed by atoms with E-state index in [4.69, 9.17) is 0 Å². The Bertz CT molecular complexity index is 514. The molecule has 0 radical (unpaired) electrons. The number of likely N-dealkylation sites (tertiary alicyclic amines) is 1. The molecule has 3 fully saturated rings. The molecule has 2 aliphatic heterocycles. The van der Waals surface area contributed by atoms with E-state index in [0.717, 1.165) is 45.6 Å². The molecule has 1 spiro atoms. The number of hydrogen-bond donors (Lipinski definition) is 1. The van der Waals surface area contributed by atoms with Gasteiger partial charge in [0.05, 0.1) is 12.0 Å². The van der Waals surface area contributed by atoms with E-state index in [1.54, 1.807) is 6.20 Å². The minimum absolute atomic E-state index is 0.153. The molecule has 21 heavy (non-hydrogen) atoms. The molecule has 4 rings (SSSR count). The van der Waals surface area contributed by atoms with Gasteiger partial charge in [0.1, 0.15) is 0 Å². The summed E-state index contributed by atoms with van der Waals surface area (Å²) in [5, 5.41) is 7.79. The minimum atomic E-state index is -0.153. The predicted octanol–water partition coefficient (Wildman–Crippen LogP) is 1.27. The monoisotopic (exact) mass is 288 g/mol. The lowest BCUT2D eigenvalue weighted by Crippen LogP contribution is -2.44. The number of carbonyl (C=O) groups excluding carboxylic acids is 1. The summed E-state index contributed by atoms with van der Waals surface area (Å²) in [7, 11) is 0. The van der Waals surface area contributed by atoms with E-state index in [1.165, 1.54) is 19.3 Å². The first-order valence-electron chi connectivity index (χ1n) is 8.19. The van der Waals surface area contributed by atoms with Crippen LogP contribution in [0.1, 0.15) is 32.1 Å². The van der Waals surface area contributed by atoms with Crippen molar-refractivity contribution in [2.24, 2.45) is 10.8 Å². The normalized spacial score (nSPS) is 30.8. The molecule has 1 saturated carbocycles. The van der Waals surface area contributed by atoms with Crippen molar-refractivity contribution < 1.29 is 4.79 Å². The van der Waals surface area contributed by atoms with Crippen LogP contribution in [0.5, 0.6) is 0 Å². The minimum Gasteiger partial charge on any atom is -0.342 e. The average Bonchev–Trinajstić information content (AvgIpc) is 2.92. The molecule has 3 aliphatic rings. The summed E-state index contributed by atoms with van der Waals surface area (Å²) >= 11 is 0. The topological polar surface area (TPSA) is 50.2 Å². The van der Waals surface area contributed by atoms with Gasteiger partial charge >= 0.3 is 0 Å². The predicted molar refractivity (Wildman–Crippen MR) is 79.6 cm³/mol. The van der Waals surface area contributed by atoms with E-state index >= 15 is 0 Å². The van der Waals surface area contributed by atoms with Crippen molar-refractivity contribution in [1.29, 1.82) is 0 Å². The van der Waals surface area contributed by atoms with Gasteiger partial charge in [0.15, 0.2) is 0 Å². The van der Waals surface area contributed by atoms with Crippen LogP contribution in [-0.2, 0) is 11.3 Å². The summed E-state index contributed by atoms with van der Waals surface area (Å²) in [6.45, 7) is 4.88. The number of hydrogen-bond acceptors (Lipinski definition) is 3. The van der Waals surface area contributed by atoms with Gasteiger partial charge in [-0.15, -0.1) is 0 Å². The van der Waals surface area contributed by atoms with Gasteiger partial charge in [-0.05, 0) is 44.7 Å². The molecule has 0 aromatic carbocycles. The Morgan fingerprint density at radius 3 is 2.86 bits per heavy atom. The third-order valence-corrected chi connectivity index (χ3v) is 5.62. The SMILES string of the molecule is O=C(N1CCC2(CCCNC2)C1)C1(Cn2cccn2)CC1. The Balaban J connectivity index is 1.43. The fourth-order valence-corrected chi connectivity index (χ4v) is 4.12. The molecule has 1 unspecified atom stereocenters. The van der Waals surface area contributed by atoms with Crippen molar-refractivity contribution in [1.82, 2.24) is 20.0 Å². The van der Waals surface area contributed by atoms with Crippen LogP contribution in [0.2, 0.25) is 0 Å². The summed E-state index contributed by atoms with van der Waals surface area (Å²) in [6.07, 6.45) is 9.49. The van der Waals surface area contributed by atoms with Gasteiger partial charge in [0, 0.05) is 37.4 Å². The summed E-state index contributed by atoms with van der Waals surface area (Å²) in [5.74, 6) is 0.375. The van der Waals surface area contributed by atoms with E-state index in [-0.39, 0.29) is 5.41 Å². The highest BCUT2D eigenvalue weighted by Gasteiger charge is 2.54. The van der Waals surface area contributed by atoms with Gasteiger partial charge in [0.2, 0.25) is 5.91 Å². The van der Waals surface area contributed by atoms with Crippen LogP contribution in [0, 0.1) is 10.8 Å². The Kier molecular flexibility index (Phi) is 3.06. The zero-order valence-electron chi connectivity index (χ0n) is 12.6. The Labute approximate surface area is 125 Å². The number of aromatic nitrogens is 2. The summed E-state index contributed by atoms with van der Waals surface area (Å²) in [4.78, 5) is 15.1. The van der Waals surface area contributed by atoms with Crippen LogP contribution < -0.4 is 5.32 Å². The van der Waals surface area contributed by atoms with Crippen molar-refractivity contribution in [2.45, 2.75) is 38.6 Å². The molecule has 1 aliphatic carbocycles. The van der Waals surface area contributed by atoms with E-state index < -0.39 is 0 Å². The summed E-state index contributed by atoms with van der Waals surface area (Å²) < 4.78 is 1.92. The number of carbonyl (C=O) groups is 1. The first kappa shape index (κ1) is 13.3. The maximum absolute atomic E-state index is 12.9. The standard InChI is InChI=1S/C16H24N4O/c21-14(16(4-5-16)13-20-9-2-8-18-20)19-10-6-15(12-19)3-1-7-17-11-15/h2,8-9,17H,1,3-7,10-13H2. The zero-order chi connectivity index (χ0) is 14.3. The second-order valence-corrected chi connectivity index (χ2v) is 7.24. The molecule has 1 atom stereocenters. The van der Waals surface area contributed by atoms with Crippen LogP contribution in [0.25, 0.3) is 0 Å². The highest BCUT2D eigenvalue weighted by Crippen LogP contribution is 2.50. The molecule has 1 amide bonds. The first-order chi connectivity index (χ1) is 10.2. The number of nitrogens with one attached hydrogen (secondary N) is 1. The maximum atomic E-state index is 12.9. The maximum Gasteiger partial charge on any atom is 0.230 e. The molecule has 1 aromatic rings. The number of piperidine rings is 1. The largest absolute Gasteiger partial charge is 0.342 e. The van der Waals surface area contributed by atoms with Crippen LogP contribution in [-0.4, -0.2) is 46.8 Å². The molecule has 3 heterocycles. The second kappa shape index (κ2) is 4.83. The van der Waals surface area contributed by atoms with Gasteiger partial charge in [-0.3, -0.25) is 9.48 Å². The van der Waals surface area contributed by atoms with Crippen molar-refractivity contribution >= 4 is 5.91 Å². The number of rotatable bonds is 3. The van der Waals surface area contributed by atoms with Crippen LogP contribution in [0.15, 0.2) is 18.5 Å². The van der Waals surface area contributed by atoms with E-state index in [2.05, 4.69) is 15.3 Å². The van der Waals surface area contributed by atoms with E-state index in [9.17, 15) is 4.79 Å². The number of amides is 1. The van der Waals surface area contributed by atoms with Crippen molar-refractivity contribution in [2.75, 3.05) is 26.2 Å². The molecule has 2 saturated heterocycles. The van der Waals surface area contributed by atoms with Crippen molar-refractivity contribution in [3.63, 3.8) is 0 Å². The summed E-state index contributed by atoms with van der Waals surface area (Å²) in [6, 6.07) is 1.93. The fraction of sp³-hybridized carbons (Fsp3) is 0.750. The smallest absolute Gasteiger partial charge is 0.230 e. The van der Waals surface area contributed by atoms with Crippen molar-refractivity contribution in [3.05, 3.63) is 18.5 Å². The van der Waals surface area contributed by atoms with Gasteiger partial charge in [-0.25, -0.2) is 0 Å². The number of nitrogens with zero attached hydrogens (tertiary/aromatic N) is 3. The van der Waals surface area contributed by atoms with E-state index in [1.807, 2.05) is 16.9 Å². The third kappa shape index (κ3) is 2.37. The van der Waals surface area contributed by atoms with Crippen molar-refractivity contribution in [3.8, 4) is 0 Å². The van der Waals surface area contributed by atoms with Gasteiger partial charge in [0.25, 0.3) is 0 Å². The Morgan fingerprint density at radius 2 is 2.19 bits per heavy atom. The molecule has 1 aromatic heterocycles. The van der Waals surface area contributed by atoms with Gasteiger partial charge < -0.3 is 10.2 Å². The Morgan fingerprint density at radius 1 is 1.29 bits per heavy atom. The Hall–Kier alpha value is -1.36. The third-order valence-electron chi connectivity index (χ3n) is 5.62. The zero-order valence-corrected chi connectivity index (χ0v) is 12.6. The fourth-order valence-electron chi connectivity index (χ4n) is 4.12. The molecule has 0 bridgehead atoms. The lowest BCUT2D eigenvalue weighted by atomic mass is 9.80. The molecule has 5 nitrogen and oxygen atoms in total. The highest BCUT2D eigenvalue weighted by atomic mass is 16.2. The quantitative estimate of drug-likeness (QED) is 0.911. The highest BCUT2D eigenvalue weighted by molar-refractivity contribution is 5.85. The van der Waals surface area contributed by atoms with Gasteiger partial charge in [-0.1, -0.05) is 0 Å². The van der Waals surface area contributed by atoms with Crippen LogP contribution in [0.3, 0.4) is 0 Å². The lowest BCUT2D eigenvalue weighted by Gasteiger charge is -2.34. The lowest BCUT2D eigenvalue weighted by molar-refractivity contribution is -0.137. The molecular weight excluding hydrogens is 264 g/mol. The molecule has 5 heteroatoms. The van der Waals surface area contributed by atoms with Gasteiger partial charge in [-0.2, -0.15) is 5.10 Å². The summed E-state index contributed by atoms with van der Waals surface area (Å²) in [5.41, 5.74) is 0.204. The van der Waals surface area contributed by atoms with E-state index in [0.29, 0.717) is 11.3 Å². The van der Waals surface area contributed by atoms with Crippen LogP contribution >= 0.6 is 0 Å². The average molecular weight is 288 g/mol. The molecule has 114 valence electrons. The molecular formula is C16H24N4O. The molecule has 1 N–H and O–H groups in total. The first-order valence-corrected chi connectivity index (χ1v) is 8.19. The van der Waals surface area contributed by atoms with Crippen LogP contribution in [0.4, 0.5) is 0 Å². The second-order valence-electron chi connectivity index (χ2n) is 7.24.